The van der Waals surface area contributed by atoms with Gasteiger partial charge in [-0.25, -0.2) is 0 Å². The molecule has 0 radical (unpaired) electrons. The van der Waals surface area contributed by atoms with Gasteiger partial charge in [-0.05, 0) is 18.4 Å². The molecule has 1 aromatic rings. The Morgan fingerprint density at radius 3 is 1.86 bits per heavy atom. The van der Waals surface area contributed by atoms with E-state index in [4.69, 9.17) is 0 Å². The van der Waals surface area contributed by atoms with E-state index in [1.54, 1.807) is 0 Å². The van der Waals surface area contributed by atoms with Crippen LogP contribution in [-0.4, -0.2) is 0 Å². The molecule has 0 saturated carbocycles. The van der Waals surface area contributed by atoms with Crippen molar-refractivity contribution in [2.75, 3.05) is 0 Å². The molecule has 0 fully saturated rings. The number of allylic oxidation sites excluding steroid dienone is 1. The van der Waals surface area contributed by atoms with Crippen molar-refractivity contribution in [2.24, 2.45) is 5.92 Å². The van der Waals surface area contributed by atoms with Gasteiger partial charge in [0, 0.05) is 0 Å². The van der Waals surface area contributed by atoms with E-state index < -0.39 is 0 Å². The Morgan fingerprint density at radius 1 is 1.21 bits per heavy atom. The molecule has 0 aliphatic carbocycles. The Balaban J connectivity index is 0.000000292. The third-order valence-electron chi connectivity index (χ3n) is 2.08. The first-order valence-electron chi connectivity index (χ1n) is 5.28. The predicted molar refractivity (Wildman–Crippen MR) is 66.3 cm³/mol. The highest BCUT2D eigenvalue weighted by Crippen LogP contribution is 2.08. The Bertz CT molecular complexity index is 244. The molecule has 1 aromatic carbocycles. The van der Waals surface area contributed by atoms with Gasteiger partial charge in [-0.15, -0.1) is 0 Å². The molecule has 0 aliphatic rings. The molecule has 14 heavy (non-hydrogen) atoms. The fourth-order valence-electron chi connectivity index (χ4n) is 0.723. The molecule has 0 unspecified atom stereocenters. The van der Waals surface area contributed by atoms with E-state index in [-0.39, 0.29) is 0 Å². The van der Waals surface area contributed by atoms with Crippen LogP contribution in [0.2, 0.25) is 0 Å². The quantitative estimate of drug-likeness (QED) is 0.630. The van der Waals surface area contributed by atoms with E-state index in [0.717, 1.165) is 11.5 Å². The Labute approximate surface area is 88.7 Å². The third kappa shape index (κ3) is 6.47. The van der Waals surface area contributed by atoms with Crippen LogP contribution in [-0.2, 0) is 0 Å². The standard InChI is InChI=1S/C9H10.C5H12/c1-8(2)9-6-4-3-5-7-9;1-4-5(2)3/h3-7H,1H2,2H3;5H,4H2,1-3H3. The molecule has 0 atom stereocenters. The van der Waals surface area contributed by atoms with Gasteiger partial charge in [-0.2, -0.15) is 0 Å². The van der Waals surface area contributed by atoms with Crippen LogP contribution in [0.1, 0.15) is 39.7 Å². The second-order valence-corrected chi connectivity index (χ2v) is 3.95. The summed E-state index contributed by atoms with van der Waals surface area (Å²) in [4.78, 5) is 0. The van der Waals surface area contributed by atoms with E-state index >= 15 is 0 Å². The van der Waals surface area contributed by atoms with Crippen molar-refractivity contribution in [3.05, 3.63) is 42.5 Å². The first-order valence-corrected chi connectivity index (χ1v) is 5.28. The summed E-state index contributed by atoms with van der Waals surface area (Å²) in [6.07, 6.45) is 1.31. The maximum atomic E-state index is 3.83. The van der Waals surface area contributed by atoms with Crippen molar-refractivity contribution in [3.63, 3.8) is 0 Å². The average Bonchev–Trinajstić information content (AvgIpc) is 2.20. The lowest BCUT2D eigenvalue weighted by Crippen LogP contribution is -1.77. The van der Waals surface area contributed by atoms with Crippen molar-refractivity contribution >= 4 is 5.57 Å². The van der Waals surface area contributed by atoms with Crippen molar-refractivity contribution in [2.45, 2.75) is 34.1 Å². The molecule has 0 heterocycles. The highest BCUT2D eigenvalue weighted by Gasteiger charge is 1.86. The van der Waals surface area contributed by atoms with E-state index in [0.29, 0.717) is 0 Å². The van der Waals surface area contributed by atoms with E-state index in [9.17, 15) is 0 Å². The maximum Gasteiger partial charge on any atom is -0.0233 e. The van der Waals surface area contributed by atoms with Gasteiger partial charge in [0.05, 0.1) is 0 Å². The van der Waals surface area contributed by atoms with Gasteiger partial charge in [0.1, 0.15) is 0 Å². The Morgan fingerprint density at radius 2 is 1.64 bits per heavy atom. The molecule has 0 aromatic heterocycles. The molecule has 0 nitrogen and oxygen atoms in total. The normalized spacial score (nSPS) is 9.21. The number of rotatable bonds is 2. The molecular formula is C14H22. The van der Waals surface area contributed by atoms with Crippen LogP contribution < -0.4 is 0 Å². The van der Waals surface area contributed by atoms with Crippen LogP contribution in [0.3, 0.4) is 0 Å². The van der Waals surface area contributed by atoms with Crippen molar-refractivity contribution < 1.29 is 0 Å². The van der Waals surface area contributed by atoms with Gasteiger partial charge in [0.2, 0.25) is 0 Å². The lowest BCUT2D eigenvalue weighted by atomic mass is 10.1. The molecule has 0 heteroatoms. The monoisotopic (exact) mass is 190 g/mol. The summed E-state index contributed by atoms with van der Waals surface area (Å²) in [7, 11) is 0. The molecule has 0 amide bonds. The molecule has 1 rings (SSSR count). The van der Waals surface area contributed by atoms with Gasteiger partial charge in [-0.1, -0.05) is 69.7 Å². The lowest BCUT2D eigenvalue weighted by Gasteiger charge is -1.94. The summed E-state index contributed by atoms with van der Waals surface area (Å²) in [6.45, 7) is 12.5. The van der Waals surface area contributed by atoms with Crippen LogP contribution >= 0.6 is 0 Å². The molecule has 0 spiro atoms. The minimum atomic E-state index is 0.884. The number of benzene rings is 1. The van der Waals surface area contributed by atoms with Crippen molar-refractivity contribution in [3.8, 4) is 0 Å². The SMILES string of the molecule is C=C(C)c1ccccc1.CCC(C)C. The number of hydrogen-bond acceptors (Lipinski definition) is 0. The Hall–Kier alpha value is -1.04. The predicted octanol–water partition coefficient (Wildman–Crippen LogP) is 4.77. The molecule has 78 valence electrons. The van der Waals surface area contributed by atoms with Gasteiger partial charge in [0.15, 0.2) is 0 Å². The third-order valence-corrected chi connectivity index (χ3v) is 2.08. The number of hydrogen-bond donors (Lipinski definition) is 0. The molecular weight excluding hydrogens is 168 g/mol. The average molecular weight is 190 g/mol. The van der Waals surface area contributed by atoms with Crippen LogP contribution in [0, 0.1) is 5.92 Å². The van der Waals surface area contributed by atoms with Crippen LogP contribution in [0.4, 0.5) is 0 Å². The fraction of sp³-hybridized carbons (Fsp3) is 0.429. The highest BCUT2D eigenvalue weighted by atomic mass is 13.9. The van der Waals surface area contributed by atoms with E-state index in [1.807, 2.05) is 25.1 Å². The highest BCUT2D eigenvalue weighted by molar-refractivity contribution is 5.60. The van der Waals surface area contributed by atoms with Crippen LogP contribution in [0.5, 0.6) is 0 Å². The second kappa shape index (κ2) is 7.37. The minimum absolute atomic E-state index is 0.884. The summed E-state index contributed by atoms with van der Waals surface area (Å²) in [5.41, 5.74) is 2.34. The molecule has 0 saturated heterocycles. The maximum absolute atomic E-state index is 3.83. The first kappa shape index (κ1) is 13.0. The van der Waals surface area contributed by atoms with Crippen molar-refractivity contribution in [1.82, 2.24) is 0 Å². The first-order chi connectivity index (χ1) is 6.57. The van der Waals surface area contributed by atoms with Gasteiger partial charge >= 0.3 is 0 Å². The van der Waals surface area contributed by atoms with Crippen molar-refractivity contribution in [1.29, 1.82) is 0 Å². The van der Waals surface area contributed by atoms with Gasteiger partial charge < -0.3 is 0 Å². The molecule has 0 N–H and O–H groups in total. The van der Waals surface area contributed by atoms with Crippen LogP contribution in [0.15, 0.2) is 36.9 Å². The summed E-state index contributed by atoms with van der Waals surface area (Å²) >= 11 is 0. The zero-order valence-corrected chi connectivity index (χ0v) is 9.88. The minimum Gasteiger partial charge on any atom is -0.0955 e. The molecule has 0 bridgehead atoms. The van der Waals surface area contributed by atoms with Crippen LogP contribution in [0.25, 0.3) is 5.57 Å². The van der Waals surface area contributed by atoms with Gasteiger partial charge in [-0.3, -0.25) is 0 Å². The fourth-order valence-corrected chi connectivity index (χ4v) is 0.723. The largest absolute Gasteiger partial charge is 0.0955 e. The topological polar surface area (TPSA) is 0 Å². The smallest absolute Gasteiger partial charge is 0.0233 e. The van der Waals surface area contributed by atoms with E-state index in [2.05, 4.69) is 39.5 Å². The second-order valence-electron chi connectivity index (χ2n) is 3.95. The zero-order chi connectivity index (χ0) is 11.0. The summed E-state index contributed by atoms with van der Waals surface area (Å²) < 4.78 is 0. The lowest BCUT2D eigenvalue weighted by molar-refractivity contribution is 0.626. The Kier molecular flexibility index (Phi) is 6.82. The van der Waals surface area contributed by atoms with Gasteiger partial charge in [0.25, 0.3) is 0 Å². The summed E-state index contributed by atoms with van der Waals surface area (Å²) in [5.74, 6) is 0.884. The zero-order valence-electron chi connectivity index (χ0n) is 9.88. The van der Waals surface area contributed by atoms with E-state index in [1.165, 1.54) is 12.0 Å². The molecule has 0 aliphatic heterocycles. The summed E-state index contributed by atoms with van der Waals surface area (Å²) in [5, 5.41) is 0. The summed E-state index contributed by atoms with van der Waals surface area (Å²) in [6, 6.07) is 10.2.